The highest BCUT2D eigenvalue weighted by molar-refractivity contribution is 4.97. The molecule has 4 rings (SSSR count). The van der Waals surface area contributed by atoms with E-state index in [2.05, 4.69) is 0 Å². The zero-order valence-corrected chi connectivity index (χ0v) is 23.5. The van der Waals surface area contributed by atoms with E-state index in [1.807, 2.05) is 0 Å². The molecule has 1 unspecified atom stereocenters. The Balaban J connectivity index is 1.48. The van der Waals surface area contributed by atoms with E-state index in [0.717, 1.165) is 0 Å². The molecule has 0 amide bonds. The molecule has 4 heterocycles. The Bertz CT molecular complexity index is 912. The van der Waals surface area contributed by atoms with Gasteiger partial charge in [-0.1, -0.05) is 0 Å². The normalized spacial score (nSPS) is 52.9. The van der Waals surface area contributed by atoms with Gasteiger partial charge in [0.05, 0.1) is 26.4 Å². The topological polar surface area (TPSA) is 348 Å². The van der Waals surface area contributed by atoms with Crippen molar-refractivity contribution in [2.75, 3.05) is 26.4 Å². The number of hydrogen-bond acceptors (Lipinski definition) is 21. The molecule has 0 bridgehead atoms. The van der Waals surface area contributed by atoms with Crippen LogP contribution in [0.3, 0.4) is 0 Å². The third-order valence-corrected chi connectivity index (χ3v) is 8.20. The van der Waals surface area contributed by atoms with Gasteiger partial charge in [0.2, 0.25) is 0 Å². The summed E-state index contributed by atoms with van der Waals surface area (Å²) in [4.78, 5) is 0. The Kier molecular flexibility index (Phi) is 12.8. The van der Waals surface area contributed by atoms with Crippen molar-refractivity contribution in [2.45, 2.75) is 123 Å². The summed E-state index contributed by atoms with van der Waals surface area (Å²) in [5.41, 5.74) is 0. The summed E-state index contributed by atoms with van der Waals surface area (Å²) in [7, 11) is 0. The summed E-state index contributed by atoms with van der Waals surface area (Å²) in [6.45, 7) is -3.41. The van der Waals surface area contributed by atoms with Gasteiger partial charge >= 0.3 is 0 Å². The molecule has 14 N–H and O–H groups in total. The average Bonchev–Trinajstić information content (AvgIpc) is 3.03. The van der Waals surface area contributed by atoms with Gasteiger partial charge in [0.25, 0.3) is 0 Å². The molecule has 0 spiro atoms. The largest absolute Gasteiger partial charge is 0.394 e. The minimum absolute atomic E-state index is 0.806. The summed E-state index contributed by atoms with van der Waals surface area (Å²) in [6.07, 6.45) is -35.6. The lowest BCUT2D eigenvalue weighted by atomic mass is 9.95. The Morgan fingerprint density at radius 3 is 1.22 bits per heavy atom. The van der Waals surface area contributed by atoms with Gasteiger partial charge < -0.3 is 105 Å². The van der Waals surface area contributed by atoms with Crippen LogP contribution in [0.1, 0.15) is 0 Å². The summed E-state index contributed by atoms with van der Waals surface area (Å²) in [5.74, 6) is 0. The quantitative estimate of drug-likeness (QED) is 0.103. The highest BCUT2D eigenvalue weighted by Crippen LogP contribution is 2.34. The fraction of sp³-hybridized carbons (Fsp3) is 1.00. The molecule has 0 aromatic rings. The Morgan fingerprint density at radius 2 is 0.711 bits per heavy atom. The molecule has 21 heteroatoms. The monoisotopic (exact) mass is 666 g/mol. The van der Waals surface area contributed by atoms with Crippen molar-refractivity contribution in [3.8, 4) is 0 Å². The molecule has 4 saturated heterocycles. The van der Waals surface area contributed by atoms with E-state index in [4.69, 9.17) is 33.2 Å². The van der Waals surface area contributed by atoms with E-state index in [1.54, 1.807) is 0 Å². The molecule has 21 nitrogen and oxygen atoms in total. The van der Waals surface area contributed by atoms with Crippen molar-refractivity contribution in [3.05, 3.63) is 0 Å². The van der Waals surface area contributed by atoms with Crippen molar-refractivity contribution >= 4 is 0 Å². The zero-order valence-electron chi connectivity index (χ0n) is 23.5. The van der Waals surface area contributed by atoms with Crippen LogP contribution in [0, 0.1) is 0 Å². The van der Waals surface area contributed by atoms with Crippen LogP contribution in [-0.4, -0.2) is 221 Å². The number of aliphatic hydroxyl groups is 14. The Hall–Kier alpha value is -0.840. The van der Waals surface area contributed by atoms with Crippen LogP contribution in [0.2, 0.25) is 0 Å². The molecule has 4 aliphatic rings. The fourth-order valence-corrected chi connectivity index (χ4v) is 5.54. The first kappa shape index (κ1) is 37.0. The highest BCUT2D eigenvalue weighted by atomic mass is 16.8. The van der Waals surface area contributed by atoms with E-state index in [1.165, 1.54) is 0 Å². The van der Waals surface area contributed by atoms with E-state index in [9.17, 15) is 71.5 Å². The minimum Gasteiger partial charge on any atom is -0.394 e. The molecule has 264 valence electrons. The number of rotatable bonds is 10. The van der Waals surface area contributed by atoms with Gasteiger partial charge in [-0.15, -0.1) is 0 Å². The maximum atomic E-state index is 11.0. The van der Waals surface area contributed by atoms with Crippen LogP contribution < -0.4 is 0 Å². The van der Waals surface area contributed by atoms with Crippen molar-refractivity contribution in [1.82, 2.24) is 0 Å². The van der Waals surface area contributed by atoms with Crippen LogP contribution in [0.5, 0.6) is 0 Å². The van der Waals surface area contributed by atoms with E-state index < -0.39 is 149 Å². The molecule has 0 saturated carbocycles. The molecule has 0 aliphatic carbocycles. The lowest BCUT2D eigenvalue weighted by Crippen LogP contribution is -2.67. The lowest BCUT2D eigenvalue weighted by Gasteiger charge is -2.49. The predicted octanol–water partition coefficient (Wildman–Crippen LogP) is -9.75. The standard InChI is InChI=1S/C24H42O21/c25-1-5-9(29)11(31)15(35)22(40-5)45-20-10(30)6(2-26)41-24(17(20)37)44-19-8(4-28)42-23(16(36)13(19)33)43-18-7(3-27)39-21(38)14(34)12(18)32/h5-38H,1-4H2/t5-,6-,7-,8-,9+,10-,11+,12-,13-,14-,15-,16-,17-,18-,19-,20+,21?,22+,23+,24+/m1/s1. The smallest absolute Gasteiger partial charge is 0.187 e. The molecule has 0 radical (unpaired) electrons. The summed E-state index contributed by atoms with van der Waals surface area (Å²) >= 11 is 0. The van der Waals surface area contributed by atoms with E-state index in [-0.39, 0.29) is 0 Å². The van der Waals surface area contributed by atoms with Crippen molar-refractivity contribution in [2.24, 2.45) is 0 Å². The van der Waals surface area contributed by atoms with Gasteiger partial charge in [0.15, 0.2) is 25.2 Å². The van der Waals surface area contributed by atoms with Crippen molar-refractivity contribution in [1.29, 1.82) is 0 Å². The number of ether oxygens (including phenoxy) is 7. The summed E-state index contributed by atoms with van der Waals surface area (Å²) < 4.78 is 37.7. The van der Waals surface area contributed by atoms with Gasteiger partial charge in [0.1, 0.15) is 97.7 Å². The van der Waals surface area contributed by atoms with Crippen LogP contribution in [-0.2, 0) is 33.2 Å². The Morgan fingerprint density at radius 1 is 0.333 bits per heavy atom. The van der Waals surface area contributed by atoms with Gasteiger partial charge in [-0.05, 0) is 0 Å². The first-order valence-electron chi connectivity index (χ1n) is 14.1. The second-order valence-electron chi connectivity index (χ2n) is 11.1. The Labute approximate surface area is 254 Å². The number of hydrogen-bond donors (Lipinski definition) is 14. The second-order valence-corrected chi connectivity index (χ2v) is 11.1. The fourth-order valence-electron chi connectivity index (χ4n) is 5.54. The third-order valence-electron chi connectivity index (χ3n) is 8.20. The van der Waals surface area contributed by atoms with Gasteiger partial charge in [0, 0.05) is 0 Å². The molecule has 4 fully saturated rings. The summed E-state index contributed by atoms with van der Waals surface area (Å²) in [5, 5.41) is 142. The molecule has 20 atom stereocenters. The second kappa shape index (κ2) is 15.6. The van der Waals surface area contributed by atoms with Crippen molar-refractivity contribution in [3.63, 3.8) is 0 Å². The maximum absolute atomic E-state index is 11.0. The molecular weight excluding hydrogens is 624 g/mol. The minimum atomic E-state index is -2.02. The SMILES string of the molecule is OC[C@H]1O[C@@H](O[C@@H]2[C@@H](O)[C@H](O[C@H]3[C@H](O)[C@@H](O)[C@H](O[C@H]4[C@H](O)[C@@H](O)C(O)O[C@@H]4CO)O[C@@H]3CO)O[C@H](CO)[C@H]2O)[C@H](O)[C@@H](O)[C@H]1O. The third kappa shape index (κ3) is 7.44. The number of aliphatic hydroxyl groups excluding tert-OH is 14. The van der Waals surface area contributed by atoms with Crippen LogP contribution in [0.25, 0.3) is 0 Å². The zero-order chi connectivity index (χ0) is 33.3. The highest BCUT2D eigenvalue weighted by Gasteiger charge is 2.55. The van der Waals surface area contributed by atoms with E-state index in [0.29, 0.717) is 0 Å². The van der Waals surface area contributed by atoms with Gasteiger partial charge in [-0.2, -0.15) is 0 Å². The van der Waals surface area contributed by atoms with Crippen LogP contribution in [0.15, 0.2) is 0 Å². The molecular formula is C24H42O21. The van der Waals surface area contributed by atoms with E-state index >= 15 is 0 Å². The maximum Gasteiger partial charge on any atom is 0.187 e. The molecule has 4 aliphatic heterocycles. The van der Waals surface area contributed by atoms with Crippen LogP contribution in [0.4, 0.5) is 0 Å². The molecule has 45 heavy (non-hydrogen) atoms. The first-order chi connectivity index (χ1) is 21.3. The predicted molar refractivity (Wildman–Crippen MR) is 134 cm³/mol. The molecule has 0 aromatic carbocycles. The van der Waals surface area contributed by atoms with Crippen LogP contribution >= 0.6 is 0 Å². The van der Waals surface area contributed by atoms with Gasteiger partial charge in [-0.25, -0.2) is 0 Å². The van der Waals surface area contributed by atoms with Crippen molar-refractivity contribution < 1.29 is 105 Å². The molecule has 0 aromatic heterocycles. The average molecular weight is 667 g/mol. The summed E-state index contributed by atoms with van der Waals surface area (Å²) in [6, 6.07) is 0. The first-order valence-corrected chi connectivity index (χ1v) is 14.1. The van der Waals surface area contributed by atoms with Gasteiger partial charge in [-0.3, -0.25) is 0 Å². The lowest BCUT2D eigenvalue weighted by molar-refractivity contribution is -0.388.